The minimum absolute atomic E-state index is 0.527. The molecule has 0 spiro atoms. The number of rotatable bonds is 5. The highest BCUT2D eigenvalue weighted by molar-refractivity contribution is 9.09. The largest absolute Gasteiger partial charge is 0.497 e. The summed E-state index contributed by atoms with van der Waals surface area (Å²) in [4.78, 5) is 0.527. The van der Waals surface area contributed by atoms with Crippen LogP contribution in [0.5, 0.6) is 5.75 Å². The van der Waals surface area contributed by atoms with Crippen LogP contribution < -0.4 is 4.74 Å². The van der Waals surface area contributed by atoms with Crippen molar-refractivity contribution in [2.75, 3.05) is 7.11 Å². The van der Waals surface area contributed by atoms with Gasteiger partial charge < -0.3 is 4.74 Å². The number of ether oxygens (including phenoxy) is 1. The number of methoxy groups -OCH3 is 1. The molecule has 2 atom stereocenters. The first kappa shape index (κ1) is 13.6. The predicted molar refractivity (Wildman–Crippen MR) is 73.4 cm³/mol. The second kappa shape index (κ2) is 6.29. The van der Waals surface area contributed by atoms with Crippen molar-refractivity contribution in [3.8, 4) is 5.75 Å². The molecule has 90 valence electrons. The zero-order valence-corrected chi connectivity index (χ0v) is 12.1. The lowest BCUT2D eigenvalue weighted by molar-refractivity contribution is 0.404. The van der Waals surface area contributed by atoms with Crippen molar-refractivity contribution in [1.82, 2.24) is 0 Å². The van der Waals surface area contributed by atoms with Crippen LogP contribution in [0.15, 0.2) is 24.3 Å². The first-order valence-corrected chi connectivity index (χ1v) is 6.73. The van der Waals surface area contributed by atoms with Crippen molar-refractivity contribution in [3.63, 3.8) is 0 Å². The Bertz CT molecular complexity index is 322. The monoisotopic (exact) mass is 284 g/mol. The summed E-state index contributed by atoms with van der Waals surface area (Å²) in [6.07, 6.45) is 1.05. The molecule has 0 radical (unpaired) electrons. The van der Waals surface area contributed by atoms with Gasteiger partial charge in [0.05, 0.1) is 7.11 Å². The molecule has 1 aromatic carbocycles. The molecule has 2 heteroatoms. The molecule has 0 saturated heterocycles. The van der Waals surface area contributed by atoms with Gasteiger partial charge in [-0.1, -0.05) is 48.8 Å². The Hall–Kier alpha value is -0.500. The average Bonchev–Trinajstić information content (AvgIpc) is 2.28. The van der Waals surface area contributed by atoms with Gasteiger partial charge in [0, 0.05) is 4.83 Å². The summed E-state index contributed by atoms with van der Waals surface area (Å²) < 4.78 is 5.23. The van der Waals surface area contributed by atoms with E-state index in [9.17, 15) is 0 Å². The molecule has 0 fully saturated rings. The molecule has 0 aliphatic heterocycles. The Balaban J connectivity index is 2.65. The van der Waals surface area contributed by atoms with E-state index in [0.29, 0.717) is 16.7 Å². The fraction of sp³-hybridized carbons (Fsp3) is 0.571. The summed E-state index contributed by atoms with van der Waals surface area (Å²) in [6.45, 7) is 6.83. The third kappa shape index (κ3) is 3.82. The third-order valence-corrected chi connectivity index (χ3v) is 4.34. The normalized spacial score (nSPS) is 14.9. The fourth-order valence-electron chi connectivity index (χ4n) is 1.63. The molecule has 16 heavy (non-hydrogen) atoms. The first-order valence-electron chi connectivity index (χ1n) is 5.81. The van der Waals surface area contributed by atoms with Crippen LogP contribution >= 0.6 is 15.9 Å². The summed E-state index contributed by atoms with van der Waals surface area (Å²) in [5.74, 6) is 2.32. The zero-order chi connectivity index (χ0) is 12.1. The number of hydrogen-bond donors (Lipinski definition) is 0. The van der Waals surface area contributed by atoms with Crippen LogP contribution in [0.4, 0.5) is 0 Å². The summed E-state index contributed by atoms with van der Waals surface area (Å²) in [6, 6.07) is 8.30. The van der Waals surface area contributed by atoms with Gasteiger partial charge in [-0.05, 0) is 36.0 Å². The van der Waals surface area contributed by atoms with E-state index in [1.165, 1.54) is 5.56 Å². The Kier molecular flexibility index (Phi) is 5.33. The standard InChI is InChI=1S/C14H21BrO/c1-10(2)11(3)14(15)9-12-6-5-7-13(8-12)16-4/h5-8,10-11,14H,9H2,1-4H3. The quantitative estimate of drug-likeness (QED) is 0.733. The van der Waals surface area contributed by atoms with E-state index in [0.717, 1.165) is 12.2 Å². The van der Waals surface area contributed by atoms with E-state index >= 15 is 0 Å². The first-order chi connectivity index (χ1) is 7.54. The summed E-state index contributed by atoms with van der Waals surface area (Å²) in [5, 5.41) is 0. The molecule has 2 unspecified atom stereocenters. The number of alkyl halides is 1. The lowest BCUT2D eigenvalue weighted by Crippen LogP contribution is -2.19. The summed E-state index contributed by atoms with van der Waals surface area (Å²) in [5.41, 5.74) is 1.33. The molecule has 0 aromatic heterocycles. The van der Waals surface area contributed by atoms with Crippen molar-refractivity contribution in [2.45, 2.75) is 32.0 Å². The van der Waals surface area contributed by atoms with Gasteiger partial charge in [0.1, 0.15) is 5.75 Å². The zero-order valence-electron chi connectivity index (χ0n) is 10.5. The van der Waals surface area contributed by atoms with E-state index in [1.54, 1.807) is 7.11 Å². The molecule has 0 aliphatic carbocycles. The highest BCUT2D eigenvalue weighted by Gasteiger charge is 2.17. The molecule has 1 rings (SSSR count). The molecule has 0 heterocycles. The number of hydrogen-bond acceptors (Lipinski definition) is 1. The van der Waals surface area contributed by atoms with Crippen molar-refractivity contribution in [2.24, 2.45) is 11.8 Å². The van der Waals surface area contributed by atoms with Crippen molar-refractivity contribution < 1.29 is 4.74 Å². The molecule has 0 amide bonds. The topological polar surface area (TPSA) is 9.23 Å². The summed E-state index contributed by atoms with van der Waals surface area (Å²) in [7, 11) is 1.71. The maximum Gasteiger partial charge on any atom is 0.119 e. The van der Waals surface area contributed by atoms with Crippen molar-refractivity contribution in [1.29, 1.82) is 0 Å². The van der Waals surface area contributed by atoms with Crippen LogP contribution in [-0.4, -0.2) is 11.9 Å². The molecule has 0 aliphatic rings. The Morgan fingerprint density at radius 1 is 1.25 bits per heavy atom. The lowest BCUT2D eigenvalue weighted by atomic mass is 9.91. The molecule has 1 aromatic rings. The van der Waals surface area contributed by atoms with E-state index in [2.05, 4.69) is 48.8 Å². The van der Waals surface area contributed by atoms with Gasteiger partial charge in [0.15, 0.2) is 0 Å². The van der Waals surface area contributed by atoms with Gasteiger partial charge in [0.25, 0.3) is 0 Å². The van der Waals surface area contributed by atoms with Crippen LogP contribution in [0.2, 0.25) is 0 Å². The molecule has 0 saturated carbocycles. The van der Waals surface area contributed by atoms with Crippen molar-refractivity contribution in [3.05, 3.63) is 29.8 Å². The van der Waals surface area contributed by atoms with Crippen LogP contribution in [0.3, 0.4) is 0 Å². The van der Waals surface area contributed by atoms with Gasteiger partial charge in [-0.2, -0.15) is 0 Å². The smallest absolute Gasteiger partial charge is 0.119 e. The van der Waals surface area contributed by atoms with E-state index < -0.39 is 0 Å². The Labute approximate surface area is 107 Å². The third-order valence-electron chi connectivity index (χ3n) is 3.19. The predicted octanol–water partition coefficient (Wildman–Crippen LogP) is 4.29. The van der Waals surface area contributed by atoms with Crippen LogP contribution in [-0.2, 0) is 6.42 Å². The van der Waals surface area contributed by atoms with Gasteiger partial charge in [-0.15, -0.1) is 0 Å². The minimum Gasteiger partial charge on any atom is -0.497 e. The fourth-order valence-corrected chi connectivity index (χ4v) is 2.61. The molecule has 0 N–H and O–H groups in total. The SMILES string of the molecule is COc1cccc(CC(Br)C(C)C(C)C)c1. The maximum absolute atomic E-state index is 5.23. The van der Waals surface area contributed by atoms with Crippen molar-refractivity contribution >= 4 is 15.9 Å². The lowest BCUT2D eigenvalue weighted by Gasteiger charge is -2.22. The molecular formula is C14H21BrO. The number of halogens is 1. The van der Waals surface area contributed by atoms with Gasteiger partial charge in [0.2, 0.25) is 0 Å². The Morgan fingerprint density at radius 2 is 1.94 bits per heavy atom. The van der Waals surface area contributed by atoms with E-state index in [4.69, 9.17) is 4.74 Å². The Morgan fingerprint density at radius 3 is 2.50 bits per heavy atom. The van der Waals surface area contributed by atoms with Gasteiger partial charge in [-0.3, -0.25) is 0 Å². The molecule has 0 bridgehead atoms. The van der Waals surface area contributed by atoms with Gasteiger partial charge in [-0.25, -0.2) is 0 Å². The summed E-state index contributed by atoms with van der Waals surface area (Å²) >= 11 is 3.79. The molecular weight excluding hydrogens is 264 g/mol. The van der Waals surface area contributed by atoms with Crippen LogP contribution in [0.1, 0.15) is 26.3 Å². The number of benzene rings is 1. The average molecular weight is 285 g/mol. The second-order valence-electron chi connectivity index (χ2n) is 4.67. The van der Waals surface area contributed by atoms with Crippen LogP contribution in [0, 0.1) is 11.8 Å². The van der Waals surface area contributed by atoms with E-state index in [-0.39, 0.29) is 0 Å². The second-order valence-corrected chi connectivity index (χ2v) is 5.85. The molecule has 1 nitrogen and oxygen atoms in total. The maximum atomic E-state index is 5.23. The van der Waals surface area contributed by atoms with Crippen LogP contribution in [0.25, 0.3) is 0 Å². The minimum atomic E-state index is 0.527. The van der Waals surface area contributed by atoms with Gasteiger partial charge >= 0.3 is 0 Å². The highest BCUT2D eigenvalue weighted by atomic mass is 79.9. The highest BCUT2D eigenvalue weighted by Crippen LogP contribution is 2.25. The van der Waals surface area contributed by atoms with E-state index in [1.807, 2.05) is 12.1 Å².